The summed E-state index contributed by atoms with van der Waals surface area (Å²) < 4.78 is 0.954. The van der Waals surface area contributed by atoms with Gasteiger partial charge in [-0.05, 0) is 40.6 Å². The molecule has 2 rings (SSSR count). The van der Waals surface area contributed by atoms with Gasteiger partial charge >= 0.3 is 0 Å². The number of hydrogen-bond donors (Lipinski definition) is 1. The van der Waals surface area contributed by atoms with Gasteiger partial charge in [-0.25, -0.2) is 4.98 Å². The second kappa shape index (κ2) is 5.61. The van der Waals surface area contributed by atoms with E-state index >= 15 is 0 Å². The maximum absolute atomic E-state index is 6.06. The Morgan fingerprint density at radius 3 is 3.19 bits per heavy atom. The van der Waals surface area contributed by atoms with Gasteiger partial charge in [-0.3, -0.25) is 0 Å². The summed E-state index contributed by atoms with van der Waals surface area (Å²) in [6.45, 7) is 2.26. The lowest BCUT2D eigenvalue weighted by atomic mass is 10.1. The van der Waals surface area contributed by atoms with E-state index in [1.807, 2.05) is 17.8 Å². The number of anilines is 1. The van der Waals surface area contributed by atoms with Gasteiger partial charge in [0.25, 0.3) is 0 Å². The number of hydrogen-bond acceptors (Lipinski definition) is 3. The van der Waals surface area contributed by atoms with E-state index in [1.54, 1.807) is 6.20 Å². The van der Waals surface area contributed by atoms with Crippen molar-refractivity contribution in [2.45, 2.75) is 31.1 Å². The number of thioether (sulfide) groups is 1. The van der Waals surface area contributed by atoms with Crippen molar-refractivity contribution in [2.75, 3.05) is 11.1 Å². The lowest BCUT2D eigenvalue weighted by Gasteiger charge is -2.30. The topological polar surface area (TPSA) is 24.9 Å². The van der Waals surface area contributed by atoms with Crippen LogP contribution in [0.25, 0.3) is 0 Å². The number of nitrogens with zero attached hydrogens (tertiary/aromatic N) is 1. The van der Waals surface area contributed by atoms with Gasteiger partial charge in [0.2, 0.25) is 0 Å². The Hall–Kier alpha value is 0.0700. The smallest absolute Gasteiger partial charge is 0.152 e. The van der Waals surface area contributed by atoms with Crippen molar-refractivity contribution in [2.24, 2.45) is 0 Å². The van der Waals surface area contributed by atoms with Crippen LogP contribution in [0.3, 0.4) is 0 Å². The predicted molar refractivity (Wildman–Crippen MR) is 75.5 cm³/mol. The molecule has 0 bridgehead atoms. The van der Waals surface area contributed by atoms with Crippen molar-refractivity contribution >= 4 is 45.0 Å². The molecule has 0 amide bonds. The summed E-state index contributed by atoms with van der Waals surface area (Å²) in [4.78, 5) is 4.12. The van der Waals surface area contributed by atoms with Gasteiger partial charge in [-0.1, -0.05) is 18.5 Å². The summed E-state index contributed by atoms with van der Waals surface area (Å²) in [6, 6.07) is 2.48. The molecular formula is C11H14BrClN2S. The zero-order chi connectivity index (χ0) is 11.5. The SMILES string of the molecule is CC1SCCCC1Nc1cc(Br)cnc1Cl. The van der Waals surface area contributed by atoms with Gasteiger partial charge < -0.3 is 5.32 Å². The Balaban J connectivity index is 2.10. The van der Waals surface area contributed by atoms with Gasteiger partial charge in [0, 0.05) is 22.0 Å². The molecule has 5 heteroatoms. The molecule has 1 saturated heterocycles. The molecule has 0 aliphatic carbocycles. The van der Waals surface area contributed by atoms with Crippen LogP contribution < -0.4 is 5.32 Å². The van der Waals surface area contributed by atoms with Crippen molar-refractivity contribution in [3.05, 3.63) is 21.9 Å². The van der Waals surface area contributed by atoms with Gasteiger partial charge in [0.05, 0.1) is 5.69 Å². The minimum Gasteiger partial charge on any atom is -0.379 e. The van der Waals surface area contributed by atoms with E-state index in [4.69, 9.17) is 11.6 Å². The van der Waals surface area contributed by atoms with Gasteiger partial charge in [-0.2, -0.15) is 11.8 Å². The molecule has 16 heavy (non-hydrogen) atoms. The van der Waals surface area contributed by atoms with E-state index in [0.29, 0.717) is 16.4 Å². The van der Waals surface area contributed by atoms with E-state index < -0.39 is 0 Å². The summed E-state index contributed by atoms with van der Waals surface area (Å²) in [5, 5.41) is 4.67. The van der Waals surface area contributed by atoms with Crippen molar-refractivity contribution < 1.29 is 0 Å². The second-order valence-corrected chi connectivity index (χ2v) is 6.72. The summed E-state index contributed by atoms with van der Waals surface area (Å²) >= 11 is 11.5. The van der Waals surface area contributed by atoms with Crippen molar-refractivity contribution in [3.63, 3.8) is 0 Å². The van der Waals surface area contributed by atoms with Gasteiger partial charge in [0.1, 0.15) is 0 Å². The second-order valence-electron chi connectivity index (χ2n) is 3.96. The Kier molecular flexibility index (Phi) is 4.39. The van der Waals surface area contributed by atoms with Crippen LogP contribution in [-0.2, 0) is 0 Å². The van der Waals surface area contributed by atoms with E-state index in [2.05, 4.69) is 33.2 Å². The largest absolute Gasteiger partial charge is 0.379 e. The van der Waals surface area contributed by atoms with Crippen LogP contribution in [0.5, 0.6) is 0 Å². The standard InChI is InChI=1S/C11H14BrClN2S/c1-7-9(3-2-4-16-7)15-10-5-8(12)6-14-11(10)13/h5-7,9,15H,2-4H2,1H3. The van der Waals surface area contributed by atoms with Gasteiger partial charge in [-0.15, -0.1) is 0 Å². The number of aromatic nitrogens is 1. The Bertz CT molecular complexity index is 375. The van der Waals surface area contributed by atoms with Crippen LogP contribution in [0.15, 0.2) is 16.7 Å². The average Bonchev–Trinajstić information content (AvgIpc) is 2.27. The maximum atomic E-state index is 6.06. The highest BCUT2D eigenvalue weighted by molar-refractivity contribution is 9.10. The molecular weight excluding hydrogens is 308 g/mol. The van der Waals surface area contributed by atoms with Crippen molar-refractivity contribution in [3.8, 4) is 0 Å². The molecule has 1 aliphatic heterocycles. The molecule has 1 N–H and O–H groups in total. The minimum atomic E-state index is 0.493. The molecule has 0 spiro atoms. The zero-order valence-electron chi connectivity index (χ0n) is 9.04. The van der Waals surface area contributed by atoms with E-state index in [-0.39, 0.29) is 0 Å². The Morgan fingerprint density at radius 2 is 2.44 bits per heavy atom. The maximum Gasteiger partial charge on any atom is 0.152 e. The number of pyridine rings is 1. The molecule has 1 aromatic heterocycles. The fourth-order valence-electron chi connectivity index (χ4n) is 1.84. The monoisotopic (exact) mass is 320 g/mol. The zero-order valence-corrected chi connectivity index (χ0v) is 12.2. The molecule has 2 unspecified atom stereocenters. The van der Waals surface area contributed by atoms with Gasteiger partial charge in [0.15, 0.2) is 5.15 Å². The van der Waals surface area contributed by atoms with Crippen LogP contribution >= 0.6 is 39.3 Å². The molecule has 2 nitrogen and oxygen atoms in total. The molecule has 0 saturated carbocycles. The lowest BCUT2D eigenvalue weighted by molar-refractivity contribution is 0.617. The quantitative estimate of drug-likeness (QED) is 0.827. The van der Waals surface area contributed by atoms with E-state index in [9.17, 15) is 0 Å². The number of rotatable bonds is 2. The Morgan fingerprint density at radius 1 is 1.62 bits per heavy atom. The first kappa shape index (κ1) is 12.5. The van der Waals surface area contributed by atoms with E-state index in [1.165, 1.54) is 18.6 Å². The molecule has 1 fully saturated rings. The number of halogens is 2. The normalized spacial score (nSPS) is 25.4. The molecule has 2 atom stereocenters. The number of nitrogens with one attached hydrogen (secondary N) is 1. The molecule has 0 radical (unpaired) electrons. The summed E-state index contributed by atoms with van der Waals surface area (Å²) in [6.07, 6.45) is 4.19. The highest BCUT2D eigenvalue weighted by atomic mass is 79.9. The minimum absolute atomic E-state index is 0.493. The average molecular weight is 322 g/mol. The van der Waals surface area contributed by atoms with Crippen molar-refractivity contribution in [1.29, 1.82) is 0 Å². The van der Waals surface area contributed by atoms with Crippen LogP contribution in [0.1, 0.15) is 19.8 Å². The molecule has 2 heterocycles. The highest BCUT2D eigenvalue weighted by Crippen LogP contribution is 2.30. The molecule has 0 aromatic carbocycles. The van der Waals surface area contributed by atoms with E-state index in [0.717, 1.165) is 10.2 Å². The highest BCUT2D eigenvalue weighted by Gasteiger charge is 2.22. The first-order chi connectivity index (χ1) is 7.66. The van der Waals surface area contributed by atoms with Crippen LogP contribution in [-0.4, -0.2) is 22.0 Å². The van der Waals surface area contributed by atoms with Crippen LogP contribution in [0.4, 0.5) is 5.69 Å². The van der Waals surface area contributed by atoms with Crippen LogP contribution in [0.2, 0.25) is 5.15 Å². The first-order valence-corrected chi connectivity index (χ1v) is 7.58. The third kappa shape index (κ3) is 3.05. The molecule has 1 aromatic rings. The molecule has 88 valence electrons. The lowest BCUT2D eigenvalue weighted by Crippen LogP contribution is -2.32. The summed E-state index contributed by atoms with van der Waals surface area (Å²) in [5.74, 6) is 1.27. The Labute approximate surface area is 114 Å². The fourth-order valence-corrected chi connectivity index (χ4v) is 3.47. The summed E-state index contributed by atoms with van der Waals surface area (Å²) in [7, 11) is 0. The predicted octanol–water partition coefficient (Wildman–Crippen LogP) is 4.19. The fraction of sp³-hybridized carbons (Fsp3) is 0.545. The van der Waals surface area contributed by atoms with Crippen LogP contribution in [0, 0.1) is 0 Å². The third-order valence-electron chi connectivity index (χ3n) is 2.75. The third-order valence-corrected chi connectivity index (χ3v) is 4.87. The first-order valence-electron chi connectivity index (χ1n) is 5.36. The molecule has 1 aliphatic rings. The van der Waals surface area contributed by atoms with Crippen molar-refractivity contribution in [1.82, 2.24) is 4.98 Å². The summed E-state index contributed by atoms with van der Waals surface area (Å²) in [5.41, 5.74) is 0.926.